The Morgan fingerprint density at radius 2 is 1.78 bits per heavy atom. The molecule has 182 valence electrons. The van der Waals surface area contributed by atoms with E-state index in [-0.39, 0.29) is 24.5 Å². The van der Waals surface area contributed by atoms with Crippen molar-refractivity contribution in [1.29, 1.82) is 0 Å². The van der Waals surface area contributed by atoms with Crippen LogP contribution in [0.5, 0.6) is 0 Å². The maximum absolute atomic E-state index is 13.1. The zero-order chi connectivity index (χ0) is 25.2. The van der Waals surface area contributed by atoms with Crippen molar-refractivity contribution in [1.82, 2.24) is 19.8 Å². The van der Waals surface area contributed by atoms with Gasteiger partial charge in [0.1, 0.15) is 6.54 Å². The molecular weight excluding hydrogens is 490 g/mol. The number of rotatable bonds is 6. The highest BCUT2D eigenvalue weighted by molar-refractivity contribution is 7.80. The summed E-state index contributed by atoms with van der Waals surface area (Å²) in [7, 11) is 0. The van der Waals surface area contributed by atoms with Crippen LogP contribution in [-0.2, 0) is 4.79 Å². The standard InChI is InChI=1S/C28H26ClN5OS/c1-18-16-23(19(2)34(18)22-13-11-20(29)12-14-22)27-26(24-10-6-7-15-30-24)32-28(36)33(27)17-25(35)31-21-8-4-3-5-9-21/h3-16,26-27H,17H2,1-2H3,(H,31,35)(H,32,36)/t26-,27+/m0/s1. The molecule has 0 bridgehead atoms. The number of nitrogens with zero attached hydrogens (tertiary/aromatic N) is 3. The van der Waals surface area contributed by atoms with Crippen molar-refractivity contribution in [3.05, 3.63) is 113 Å². The van der Waals surface area contributed by atoms with Crippen molar-refractivity contribution < 1.29 is 4.79 Å². The number of carbonyl (C=O) groups excluding carboxylic acids is 1. The second kappa shape index (κ2) is 10.1. The van der Waals surface area contributed by atoms with Crippen molar-refractivity contribution in [3.63, 3.8) is 0 Å². The topological polar surface area (TPSA) is 62.2 Å². The van der Waals surface area contributed by atoms with Crippen LogP contribution in [0.4, 0.5) is 5.69 Å². The van der Waals surface area contributed by atoms with E-state index in [0.29, 0.717) is 10.1 Å². The largest absolute Gasteiger partial charge is 0.352 e. The highest BCUT2D eigenvalue weighted by atomic mass is 35.5. The van der Waals surface area contributed by atoms with E-state index in [0.717, 1.165) is 34.0 Å². The third-order valence-electron chi connectivity index (χ3n) is 6.44. The molecule has 2 atom stereocenters. The predicted molar refractivity (Wildman–Crippen MR) is 147 cm³/mol. The van der Waals surface area contributed by atoms with Crippen molar-refractivity contribution in [2.75, 3.05) is 11.9 Å². The van der Waals surface area contributed by atoms with Gasteiger partial charge in [0, 0.05) is 34.0 Å². The number of halogens is 1. The first kappa shape index (κ1) is 24.0. The summed E-state index contributed by atoms with van der Waals surface area (Å²) in [5.41, 5.74) is 5.87. The van der Waals surface area contributed by atoms with Gasteiger partial charge in [0.2, 0.25) is 5.91 Å². The molecule has 2 N–H and O–H groups in total. The Balaban J connectivity index is 1.53. The molecule has 1 amide bonds. The summed E-state index contributed by atoms with van der Waals surface area (Å²) in [5.74, 6) is -0.136. The first-order valence-electron chi connectivity index (χ1n) is 11.7. The third-order valence-corrected chi connectivity index (χ3v) is 7.05. The lowest BCUT2D eigenvalue weighted by atomic mass is 9.96. The van der Waals surface area contributed by atoms with Crippen LogP contribution in [0.1, 0.15) is 34.7 Å². The quantitative estimate of drug-likeness (QED) is 0.320. The molecule has 6 nitrogen and oxygen atoms in total. The zero-order valence-electron chi connectivity index (χ0n) is 20.0. The number of hydrogen-bond donors (Lipinski definition) is 2. The second-order valence-electron chi connectivity index (χ2n) is 8.81. The van der Waals surface area contributed by atoms with E-state index in [4.69, 9.17) is 23.8 Å². The summed E-state index contributed by atoms with van der Waals surface area (Å²) in [6.45, 7) is 4.28. The number of benzene rings is 2. The Kier molecular flexibility index (Phi) is 6.76. The van der Waals surface area contributed by atoms with Crippen LogP contribution in [0.3, 0.4) is 0 Å². The Hall–Kier alpha value is -3.68. The van der Waals surface area contributed by atoms with Crippen molar-refractivity contribution in [2.45, 2.75) is 25.9 Å². The normalized spacial score (nSPS) is 17.2. The van der Waals surface area contributed by atoms with Crippen LogP contribution in [-0.4, -0.2) is 32.0 Å². The van der Waals surface area contributed by atoms with Crippen molar-refractivity contribution >= 4 is 40.5 Å². The number of para-hydroxylation sites is 1. The molecule has 36 heavy (non-hydrogen) atoms. The molecule has 0 aliphatic carbocycles. The number of carbonyl (C=O) groups is 1. The third kappa shape index (κ3) is 4.72. The summed E-state index contributed by atoms with van der Waals surface area (Å²) < 4.78 is 2.20. The SMILES string of the molecule is Cc1cc([C@@H]2[C@H](c3ccccn3)NC(=S)N2CC(=O)Nc2ccccc2)c(C)n1-c1ccc(Cl)cc1. The molecule has 1 fully saturated rings. The van der Waals surface area contributed by atoms with Gasteiger partial charge < -0.3 is 20.1 Å². The Labute approximate surface area is 220 Å². The monoisotopic (exact) mass is 515 g/mol. The first-order chi connectivity index (χ1) is 17.4. The molecule has 2 aromatic heterocycles. The molecule has 0 unspecified atom stereocenters. The maximum Gasteiger partial charge on any atom is 0.244 e. The van der Waals surface area contributed by atoms with Crippen LogP contribution in [0.15, 0.2) is 85.1 Å². The molecule has 1 saturated heterocycles. The van der Waals surface area contributed by atoms with E-state index in [2.05, 4.69) is 40.1 Å². The van der Waals surface area contributed by atoms with Crippen LogP contribution < -0.4 is 10.6 Å². The van der Waals surface area contributed by atoms with Gasteiger partial charge in [-0.3, -0.25) is 9.78 Å². The lowest BCUT2D eigenvalue weighted by molar-refractivity contribution is -0.116. The highest BCUT2D eigenvalue weighted by Crippen LogP contribution is 2.41. The smallest absolute Gasteiger partial charge is 0.244 e. The van der Waals surface area contributed by atoms with Gasteiger partial charge in [-0.25, -0.2) is 0 Å². The van der Waals surface area contributed by atoms with Gasteiger partial charge in [0.15, 0.2) is 5.11 Å². The minimum absolute atomic E-state index is 0.110. The highest BCUT2D eigenvalue weighted by Gasteiger charge is 2.42. The number of pyridine rings is 1. The molecule has 1 aliphatic heterocycles. The average molecular weight is 516 g/mol. The van der Waals surface area contributed by atoms with E-state index >= 15 is 0 Å². The molecule has 3 heterocycles. The van der Waals surface area contributed by atoms with E-state index in [1.165, 1.54) is 0 Å². The number of thiocarbonyl (C=S) groups is 1. The summed E-state index contributed by atoms with van der Waals surface area (Å²) >= 11 is 11.9. The summed E-state index contributed by atoms with van der Waals surface area (Å²) in [6, 6.07) is 24.8. The van der Waals surface area contributed by atoms with Gasteiger partial charge in [-0.15, -0.1) is 0 Å². The summed E-state index contributed by atoms with van der Waals surface area (Å²) in [4.78, 5) is 19.6. The van der Waals surface area contributed by atoms with E-state index in [9.17, 15) is 4.79 Å². The minimum atomic E-state index is -0.221. The molecule has 5 rings (SSSR count). The van der Waals surface area contributed by atoms with Crippen LogP contribution in [0, 0.1) is 13.8 Å². The zero-order valence-corrected chi connectivity index (χ0v) is 21.6. The van der Waals surface area contributed by atoms with E-state index in [1.807, 2.05) is 77.7 Å². The lowest BCUT2D eigenvalue weighted by Gasteiger charge is -2.27. The van der Waals surface area contributed by atoms with Gasteiger partial charge in [-0.05, 0) is 86.2 Å². The molecule has 4 aromatic rings. The molecule has 8 heteroatoms. The fourth-order valence-electron chi connectivity index (χ4n) is 4.87. The number of anilines is 1. The molecule has 2 aromatic carbocycles. The maximum atomic E-state index is 13.1. The molecule has 0 spiro atoms. The lowest BCUT2D eigenvalue weighted by Crippen LogP contribution is -2.37. The number of aryl methyl sites for hydroxylation is 1. The van der Waals surface area contributed by atoms with Crippen LogP contribution in [0.25, 0.3) is 5.69 Å². The van der Waals surface area contributed by atoms with E-state index in [1.54, 1.807) is 6.20 Å². The fourth-order valence-corrected chi connectivity index (χ4v) is 5.30. The average Bonchev–Trinajstić information content (AvgIpc) is 3.35. The van der Waals surface area contributed by atoms with Crippen LogP contribution >= 0.6 is 23.8 Å². The number of nitrogens with one attached hydrogen (secondary N) is 2. The van der Waals surface area contributed by atoms with Gasteiger partial charge in [0.05, 0.1) is 17.8 Å². The Morgan fingerprint density at radius 3 is 2.47 bits per heavy atom. The molecular formula is C28H26ClN5OS. The van der Waals surface area contributed by atoms with Gasteiger partial charge in [-0.2, -0.15) is 0 Å². The Morgan fingerprint density at radius 1 is 1.06 bits per heavy atom. The first-order valence-corrected chi connectivity index (χ1v) is 12.5. The predicted octanol–water partition coefficient (Wildman–Crippen LogP) is 5.75. The van der Waals surface area contributed by atoms with Crippen molar-refractivity contribution in [2.24, 2.45) is 0 Å². The second-order valence-corrected chi connectivity index (χ2v) is 9.63. The molecule has 0 radical (unpaired) electrons. The fraction of sp³-hybridized carbons (Fsp3) is 0.179. The number of amides is 1. The molecule has 1 aliphatic rings. The summed E-state index contributed by atoms with van der Waals surface area (Å²) in [5, 5.41) is 7.62. The van der Waals surface area contributed by atoms with Gasteiger partial charge in [0.25, 0.3) is 0 Å². The van der Waals surface area contributed by atoms with Gasteiger partial charge >= 0.3 is 0 Å². The van der Waals surface area contributed by atoms with Crippen molar-refractivity contribution in [3.8, 4) is 5.69 Å². The van der Waals surface area contributed by atoms with Crippen LogP contribution in [0.2, 0.25) is 5.02 Å². The number of aromatic nitrogens is 2. The molecule has 0 saturated carbocycles. The van der Waals surface area contributed by atoms with E-state index < -0.39 is 0 Å². The summed E-state index contributed by atoms with van der Waals surface area (Å²) in [6.07, 6.45) is 1.78. The van der Waals surface area contributed by atoms with Gasteiger partial charge in [-0.1, -0.05) is 35.9 Å². The Bertz CT molecular complexity index is 1390. The number of hydrogen-bond acceptors (Lipinski definition) is 3. The minimum Gasteiger partial charge on any atom is -0.352 e.